The lowest BCUT2D eigenvalue weighted by atomic mass is 10.0. The molecular weight excluding hydrogens is 332 g/mol. The van der Waals surface area contributed by atoms with Crippen molar-refractivity contribution < 1.29 is 9.90 Å². The van der Waals surface area contributed by atoms with Crippen LogP contribution in [-0.4, -0.2) is 11.9 Å². The van der Waals surface area contributed by atoms with Gasteiger partial charge in [-0.2, -0.15) is 0 Å². The predicted molar refractivity (Wildman–Crippen MR) is 118 cm³/mol. The van der Waals surface area contributed by atoms with Crippen molar-refractivity contribution in [3.05, 3.63) is 29.8 Å². The average Bonchev–Trinajstić information content (AvgIpc) is 2.70. The van der Waals surface area contributed by atoms with Crippen molar-refractivity contribution in [3.63, 3.8) is 0 Å². The van der Waals surface area contributed by atoms with E-state index in [1.54, 1.807) is 6.07 Å². The van der Waals surface area contributed by atoms with Crippen molar-refractivity contribution in [3.8, 4) is 5.75 Å². The Morgan fingerprint density at radius 2 is 1.00 bits per heavy atom. The highest BCUT2D eigenvalue weighted by Crippen LogP contribution is 2.19. The molecule has 0 saturated heterocycles. The zero-order valence-corrected chi connectivity index (χ0v) is 17.9. The lowest BCUT2D eigenvalue weighted by Crippen LogP contribution is -1.87. The highest BCUT2D eigenvalue weighted by molar-refractivity contribution is 5.31. The Bertz CT molecular complexity index is 417. The second kappa shape index (κ2) is 21.0. The molecule has 1 N–H and O–H groups in total. The minimum absolute atomic E-state index is 0.462. The highest BCUT2D eigenvalue weighted by Gasteiger charge is 1.99. The molecule has 0 aliphatic heterocycles. The quantitative estimate of drug-likeness (QED) is 0.279. The number of carbonyl (C=O) groups excluding carboxylic acids is 1. The van der Waals surface area contributed by atoms with Crippen LogP contribution in [0.2, 0.25) is 0 Å². The van der Waals surface area contributed by atoms with Gasteiger partial charge in [0.2, 0.25) is 0 Å². The van der Waals surface area contributed by atoms with Crippen LogP contribution in [0.1, 0.15) is 115 Å². The number of carbonyl (C=O) groups is 1. The van der Waals surface area contributed by atoms with Gasteiger partial charge in [0, 0.05) is 0 Å². The Kier molecular flexibility index (Phi) is 20.0. The Morgan fingerprint density at radius 1 is 0.630 bits per heavy atom. The molecule has 1 aromatic rings. The molecule has 0 aliphatic rings. The van der Waals surface area contributed by atoms with Crippen molar-refractivity contribution >= 4 is 6.79 Å². The molecule has 0 aliphatic carbocycles. The summed E-state index contributed by atoms with van der Waals surface area (Å²) in [6, 6.07) is 7.75. The molecule has 0 aromatic heterocycles. The van der Waals surface area contributed by atoms with Crippen LogP contribution in [0.15, 0.2) is 24.3 Å². The van der Waals surface area contributed by atoms with Gasteiger partial charge in [-0.25, -0.2) is 0 Å². The summed E-state index contributed by atoms with van der Waals surface area (Å²) in [6.07, 6.45) is 23.5. The maximum Gasteiger partial charge on any atom is 0.118 e. The van der Waals surface area contributed by atoms with Crippen molar-refractivity contribution in [2.24, 2.45) is 0 Å². The normalized spacial score (nSPS) is 10.4. The van der Waals surface area contributed by atoms with E-state index >= 15 is 0 Å². The molecule has 0 unspecified atom stereocenters. The smallest absolute Gasteiger partial charge is 0.118 e. The first-order chi connectivity index (χ1) is 13.3. The minimum atomic E-state index is 0.462. The van der Waals surface area contributed by atoms with Gasteiger partial charge in [0.1, 0.15) is 12.5 Å². The van der Waals surface area contributed by atoms with E-state index in [9.17, 15) is 5.11 Å². The van der Waals surface area contributed by atoms with Gasteiger partial charge in [-0.15, -0.1) is 0 Å². The van der Waals surface area contributed by atoms with Gasteiger partial charge in [0.25, 0.3) is 0 Å². The van der Waals surface area contributed by atoms with Crippen LogP contribution in [0.25, 0.3) is 0 Å². The molecule has 0 atom stereocenters. The summed E-state index contributed by atoms with van der Waals surface area (Å²) in [7, 11) is 0. The molecule has 27 heavy (non-hydrogen) atoms. The van der Waals surface area contributed by atoms with Gasteiger partial charge >= 0.3 is 0 Å². The van der Waals surface area contributed by atoms with E-state index in [1.807, 2.05) is 25.0 Å². The lowest BCUT2D eigenvalue weighted by Gasteiger charge is -2.05. The Labute approximate surface area is 168 Å². The van der Waals surface area contributed by atoms with Crippen LogP contribution < -0.4 is 0 Å². The molecule has 1 aromatic carbocycles. The van der Waals surface area contributed by atoms with E-state index in [2.05, 4.69) is 6.92 Å². The zero-order chi connectivity index (χ0) is 20.0. The average molecular weight is 377 g/mol. The first kappa shape index (κ1) is 25.7. The third-order valence-corrected chi connectivity index (χ3v) is 5.29. The number of aryl methyl sites for hydroxylation is 1. The van der Waals surface area contributed by atoms with Crippen molar-refractivity contribution in [1.29, 1.82) is 0 Å². The zero-order valence-electron chi connectivity index (χ0n) is 17.9. The Hall–Kier alpha value is -1.31. The van der Waals surface area contributed by atoms with Crippen molar-refractivity contribution in [1.82, 2.24) is 0 Å². The topological polar surface area (TPSA) is 37.3 Å². The second-order valence-corrected chi connectivity index (χ2v) is 7.68. The molecule has 0 saturated carbocycles. The van der Waals surface area contributed by atoms with Gasteiger partial charge in [-0.05, 0) is 24.5 Å². The summed E-state index contributed by atoms with van der Waals surface area (Å²) in [5.41, 5.74) is 1.10. The van der Waals surface area contributed by atoms with Crippen molar-refractivity contribution in [2.45, 2.75) is 116 Å². The third kappa shape index (κ3) is 16.6. The SMILES string of the molecule is C=O.CCCCCCCCCCCCCCCCCCc1ccccc1O. The first-order valence-corrected chi connectivity index (χ1v) is 11.4. The van der Waals surface area contributed by atoms with E-state index in [0.29, 0.717) is 5.75 Å². The number of benzene rings is 1. The van der Waals surface area contributed by atoms with Gasteiger partial charge in [-0.3, -0.25) is 0 Å². The number of unbranched alkanes of at least 4 members (excludes halogenated alkanes) is 15. The fourth-order valence-corrected chi connectivity index (χ4v) is 3.59. The van der Waals surface area contributed by atoms with Crippen LogP contribution in [0.4, 0.5) is 0 Å². The van der Waals surface area contributed by atoms with E-state index in [0.717, 1.165) is 12.0 Å². The molecule has 0 radical (unpaired) electrons. The number of hydrogen-bond acceptors (Lipinski definition) is 2. The van der Waals surface area contributed by atoms with Gasteiger partial charge in [0.15, 0.2) is 0 Å². The first-order valence-electron chi connectivity index (χ1n) is 11.4. The minimum Gasteiger partial charge on any atom is -0.508 e. The molecule has 0 spiro atoms. The summed E-state index contributed by atoms with van der Waals surface area (Å²) in [4.78, 5) is 8.00. The molecular formula is C25H44O2. The number of aromatic hydroxyl groups is 1. The Balaban J connectivity index is 0.00000326. The number of hydrogen-bond donors (Lipinski definition) is 1. The van der Waals surface area contributed by atoms with E-state index in [1.165, 1.54) is 103 Å². The molecule has 1 rings (SSSR count). The largest absolute Gasteiger partial charge is 0.508 e. The predicted octanol–water partition coefficient (Wildman–Crippen LogP) is 8.01. The van der Waals surface area contributed by atoms with E-state index in [-0.39, 0.29) is 0 Å². The summed E-state index contributed by atoms with van der Waals surface area (Å²) in [5.74, 6) is 0.462. The summed E-state index contributed by atoms with van der Waals surface area (Å²) >= 11 is 0. The van der Waals surface area contributed by atoms with Crippen LogP contribution in [-0.2, 0) is 11.2 Å². The van der Waals surface area contributed by atoms with Crippen LogP contribution in [0.3, 0.4) is 0 Å². The number of para-hydroxylation sites is 1. The van der Waals surface area contributed by atoms with Gasteiger partial charge < -0.3 is 9.90 Å². The highest BCUT2D eigenvalue weighted by atomic mass is 16.3. The lowest BCUT2D eigenvalue weighted by molar-refractivity contribution is -0.0979. The van der Waals surface area contributed by atoms with E-state index in [4.69, 9.17) is 4.79 Å². The Morgan fingerprint density at radius 3 is 1.41 bits per heavy atom. The fourth-order valence-electron chi connectivity index (χ4n) is 3.59. The molecule has 0 amide bonds. The molecule has 2 nitrogen and oxygen atoms in total. The second-order valence-electron chi connectivity index (χ2n) is 7.68. The summed E-state index contributed by atoms with van der Waals surface area (Å²) < 4.78 is 0. The van der Waals surface area contributed by atoms with Crippen molar-refractivity contribution in [2.75, 3.05) is 0 Å². The molecule has 2 heteroatoms. The monoisotopic (exact) mass is 376 g/mol. The molecule has 0 heterocycles. The maximum atomic E-state index is 9.74. The van der Waals surface area contributed by atoms with Crippen LogP contribution >= 0.6 is 0 Å². The number of rotatable bonds is 17. The number of phenolic OH excluding ortho intramolecular Hbond substituents is 1. The maximum absolute atomic E-state index is 9.74. The third-order valence-electron chi connectivity index (χ3n) is 5.29. The van der Waals surface area contributed by atoms with Crippen LogP contribution in [0.5, 0.6) is 5.75 Å². The van der Waals surface area contributed by atoms with Crippen LogP contribution in [0, 0.1) is 0 Å². The summed E-state index contributed by atoms with van der Waals surface area (Å²) in [5, 5.41) is 9.74. The summed E-state index contributed by atoms with van der Waals surface area (Å²) in [6.45, 7) is 4.29. The molecule has 0 fully saturated rings. The molecule has 0 bridgehead atoms. The molecule has 156 valence electrons. The van der Waals surface area contributed by atoms with Gasteiger partial charge in [-0.1, -0.05) is 121 Å². The standard InChI is InChI=1S/C24H42O.CH2O/c1-2-3-4-5-6-7-8-9-10-11-12-13-14-15-16-17-20-23-21-18-19-22-24(23)25;1-2/h18-19,21-22,25H,2-17,20H2,1H3;1H2. The number of phenols is 1. The van der Waals surface area contributed by atoms with Gasteiger partial charge in [0.05, 0.1) is 0 Å². The fraction of sp³-hybridized carbons (Fsp3) is 0.720. The van der Waals surface area contributed by atoms with E-state index < -0.39 is 0 Å².